The van der Waals surface area contributed by atoms with Crippen LogP contribution in [-0.4, -0.2) is 46.7 Å². The first-order valence-corrected chi connectivity index (χ1v) is 11.1. The molecule has 2 aromatic heterocycles. The van der Waals surface area contributed by atoms with Crippen molar-refractivity contribution >= 4 is 17.7 Å². The molecule has 1 fully saturated rings. The molecule has 184 valence electrons. The summed E-state index contributed by atoms with van der Waals surface area (Å²) in [6.45, 7) is 0.782. The van der Waals surface area contributed by atoms with Crippen molar-refractivity contribution in [3.8, 4) is 5.69 Å². The van der Waals surface area contributed by atoms with E-state index in [1.54, 1.807) is 0 Å². The fraction of sp³-hybridized carbons (Fsp3) is 0.292. The third-order valence-corrected chi connectivity index (χ3v) is 6.05. The summed E-state index contributed by atoms with van der Waals surface area (Å²) in [5.74, 6) is -1.85. The molecule has 0 saturated carbocycles. The molecular weight excluding hydrogens is 463 g/mol. The van der Waals surface area contributed by atoms with Gasteiger partial charge >= 0.3 is 0 Å². The zero-order valence-corrected chi connectivity index (χ0v) is 18.7. The maximum atomic E-state index is 14.7. The number of quaternary nitrogens is 1. The van der Waals surface area contributed by atoms with Gasteiger partial charge in [-0.3, -0.25) is 9.36 Å². The first-order chi connectivity index (χ1) is 16.9. The summed E-state index contributed by atoms with van der Waals surface area (Å²) in [6.07, 6.45) is 3.88. The molecule has 4 rings (SSSR count). The number of aromatic nitrogens is 2. The molecule has 1 aliphatic heterocycles. The van der Waals surface area contributed by atoms with Gasteiger partial charge in [-0.2, -0.15) is 0 Å². The maximum Gasteiger partial charge on any atom is 0.270 e. The number of halogens is 3. The number of anilines is 1. The van der Waals surface area contributed by atoms with E-state index in [-0.39, 0.29) is 47.7 Å². The smallest absolute Gasteiger partial charge is 0.270 e. The zero-order chi connectivity index (χ0) is 24.9. The standard InChI is InChI=1S/C24H24F3N5O3/c25-17-2-1-3-18(26)16(17)10-29-20-4-6-32(24(34)15(20)9-28)22-8-23(30-11-19(22)27)31-21(12-33)14-5-7-35-13-14/h1-4,6,8-9,11,14,21,28-29,33H,5,7,10,12-13H2,(H,30,31)/p+1/t14?,21-/m0/s1. The molecule has 3 aromatic rings. The molecule has 0 amide bonds. The number of aliphatic hydroxyl groups is 1. The van der Waals surface area contributed by atoms with E-state index < -0.39 is 23.0 Å². The van der Waals surface area contributed by atoms with E-state index in [1.807, 2.05) is 0 Å². The van der Waals surface area contributed by atoms with Crippen LogP contribution in [0.2, 0.25) is 0 Å². The van der Waals surface area contributed by atoms with Gasteiger partial charge in [-0.15, -0.1) is 0 Å². The predicted octanol–water partition coefficient (Wildman–Crippen LogP) is 1.85. The van der Waals surface area contributed by atoms with Crippen molar-refractivity contribution in [3.05, 3.63) is 81.7 Å². The summed E-state index contributed by atoms with van der Waals surface area (Å²) in [7, 11) is 0. The lowest BCUT2D eigenvalue weighted by Gasteiger charge is -2.22. The van der Waals surface area contributed by atoms with Gasteiger partial charge < -0.3 is 25.9 Å². The van der Waals surface area contributed by atoms with Crippen molar-refractivity contribution in [2.45, 2.75) is 19.0 Å². The summed E-state index contributed by atoms with van der Waals surface area (Å²) in [6, 6.07) is 6.00. The van der Waals surface area contributed by atoms with Crippen LogP contribution in [0.25, 0.3) is 5.69 Å². The summed E-state index contributed by atoms with van der Waals surface area (Å²) in [5.41, 5.74) is -0.706. The SMILES string of the molecule is N=Cc1c([NH2+]Cc2c(F)cccc2F)ccn(-c2cc(N[C@@H](CO)C3CCOC3)ncc2F)c1=O. The molecule has 0 spiro atoms. The highest BCUT2D eigenvalue weighted by atomic mass is 19.1. The molecule has 1 aromatic carbocycles. The van der Waals surface area contributed by atoms with E-state index in [0.717, 1.165) is 35.5 Å². The van der Waals surface area contributed by atoms with Crippen LogP contribution in [0.1, 0.15) is 17.5 Å². The number of nitrogens with zero attached hydrogens (tertiary/aromatic N) is 2. The van der Waals surface area contributed by atoms with Crippen LogP contribution in [-0.2, 0) is 11.3 Å². The topological polar surface area (TPSA) is 117 Å². The quantitative estimate of drug-likeness (QED) is 0.343. The van der Waals surface area contributed by atoms with Gasteiger partial charge in [-0.05, 0) is 18.6 Å². The monoisotopic (exact) mass is 488 g/mol. The lowest BCUT2D eigenvalue weighted by molar-refractivity contribution is -0.589. The average Bonchev–Trinajstić information content (AvgIpc) is 3.38. The van der Waals surface area contributed by atoms with Crippen LogP contribution >= 0.6 is 0 Å². The summed E-state index contributed by atoms with van der Waals surface area (Å²) in [4.78, 5) is 17.1. The third-order valence-electron chi connectivity index (χ3n) is 6.05. The number of hydrogen-bond donors (Lipinski definition) is 4. The van der Waals surface area contributed by atoms with Gasteiger partial charge in [0.25, 0.3) is 5.56 Å². The largest absolute Gasteiger partial charge is 0.394 e. The van der Waals surface area contributed by atoms with E-state index in [0.29, 0.717) is 18.9 Å². The Hall–Kier alpha value is -3.54. The number of aliphatic hydroxyl groups excluding tert-OH is 1. The van der Waals surface area contributed by atoms with Gasteiger partial charge in [0.05, 0.1) is 36.7 Å². The number of nitrogens with two attached hydrogens (primary N) is 1. The Kier molecular flexibility index (Phi) is 7.59. The predicted molar refractivity (Wildman–Crippen MR) is 123 cm³/mol. The highest BCUT2D eigenvalue weighted by molar-refractivity contribution is 5.82. The van der Waals surface area contributed by atoms with E-state index in [9.17, 15) is 23.1 Å². The van der Waals surface area contributed by atoms with Gasteiger partial charge in [-0.1, -0.05) is 6.07 Å². The number of pyridine rings is 2. The van der Waals surface area contributed by atoms with E-state index >= 15 is 0 Å². The van der Waals surface area contributed by atoms with Gasteiger partial charge in [0.1, 0.15) is 35.2 Å². The van der Waals surface area contributed by atoms with Gasteiger partial charge in [0, 0.05) is 37.1 Å². The molecule has 5 N–H and O–H groups in total. The van der Waals surface area contributed by atoms with E-state index in [1.165, 1.54) is 29.7 Å². The lowest BCUT2D eigenvalue weighted by Crippen LogP contribution is -2.77. The van der Waals surface area contributed by atoms with Crippen molar-refractivity contribution in [1.29, 1.82) is 5.41 Å². The van der Waals surface area contributed by atoms with E-state index in [4.69, 9.17) is 10.1 Å². The minimum absolute atomic E-state index is 0.0636. The first kappa shape index (κ1) is 24.6. The second-order valence-corrected chi connectivity index (χ2v) is 8.19. The van der Waals surface area contributed by atoms with Crippen molar-refractivity contribution in [2.24, 2.45) is 5.92 Å². The number of ether oxygens (including phenoxy) is 1. The highest BCUT2D eigenvalue weighted by Crippen LogP contribution is 2.22. The summed E-state index contributed by atoms with van der Waals surface area (Å²) < 4.78 is 49.0. The van der Waals surface area contributed by atoms with Crippen LogP contribution < -0.4 is 16.2 Å². The fourth-order valence-corrected chi connectivity index (χ4v) is 4.08. The van der Waals surface area contributed by atoms with Gasteiger partial charge in [-0.25, -0.2) is 18.2 Å². The Balaban J connectivity index is 1.62. The Labute approximate surface area is 198 Å². The molecule has 2 atom stereocenters. The molecule has 35 heavy (non-hydrogen) atoms. The zero-order valence-electron chi connectivity index (χ0n) is 18.7. The Morgan fingerprint density at radius 3 is 2.71 bits per heavy atom. The molecule has 3 heterocycles. The molecular formula is C24H25F3N5O3+. The molecule has 0 bridgehead atoms. The second kappa shape index (κ2) is 10.8. The van der Waals surface area contributed by atoms with Crippen molar-refractivity contribution in [3.63, 3.8) is 0 Å². The first-order valence-electron chi connectivity index (χ1n) is 11.1. The molecule has 0 radical (unpaired) electrons. The molecule has 1 saturated heterocycles. The molecule has 1 unspecified atom stereocenters. The Morgan fingerprint density at radius 1 is 1.29 bits per heavy atom. The van der Waals surface area contributed by atoms with Crippen molar-refractivity contribution in [2.75, 3.05) is 25.1 Å². The minimum atomic E-state index is -0.761. The number of nitrogens with one attached hydrogen (secondary N) is 2. The van der Waals surface area contributed by atoms with Gasteiger partial charge in [0.2, 0.25) is 0 Å². The lowest BCUT2D eigenvalue weighted by atomic mass is 10.00. The Morgan fingerprint density at radius 2 is 2.06 bits per heavy atom. The number of benzene rings is 1. The molecule has 0 aliphatic carbocycles. The number of hydrogen-bond acceptors (Lipinski definition) is 6. The van der Waals surface area contributed by atoms with Gasteiger partial charge in [0.15, 0.2) is 5.82 Å². The van der Waals surface area contributed by atoms with E-state index in [2.05, 4.69) is 10.3 Å². The highest BCUT2D eigenvalue weighted by Gasteiger charge is 2.26. The van der Waals surface area contributed by atoms with Crippen LogP contribution in [0.15, 0.2) is 47.5 Å². The van der Waals surface area contributed by atoms with Crippen molar-refractivity contribution < 1.29 is 28.3 Å². The van der Waals surface area contributed by atoms with Crippen LogP contribution in [0.3, 0.4) is 0 Å². The average molecular weight is 488 g/mol. The van der Waals surface area contributed by atoms with Crippen LogP contribution in [0.5, 0.6) is 0 Å². The summed E-state index contributed by atoms with van der Waals surface area (Å²) in [5, 5.41) is 22.0. The second-order valence-electron chi connectivity index (χ2n) is 8.19. The van der Waals surface area contributed by atoms with Crippen LogP contribution in [0, 0.1) is 28.8 Å². The normalized spacial score (nSPS) is 16.3. The van der Waals surface area contributed by atoms with Crippen LogP contribution in [0.4, 0.5) is 24.7 Å². The molecule has 8 nitrogen and oxygen atoms in total. The summed E-state index contributed by atoms with van der Waals surface area (Å²) >= 11 is 0. The van der Waals surface area contributed by atoms with Crippen molar-refractivity contribution in [1.82, 2.24) is 9.55 Å². The fourth-order valence-electron chi connectivity index (χ4n) is 4.08. The molecule has 11 heteroatoms. The Bertz CT molecular complexity index is 1260. The molecule has 1 aliphatic rings. The maximum absolute atomic E-state index is 14.7. The number of rotatable bonds is 9. The third kappa shape index (κ3) is 5.26. The minimum Gasteiger partial charge on any atom is -0.394 e.